The number of rotatable bonds is 7. The van der Waals surface area contributed by atoms with Gasteiger partial charge in [-0.05, 0) is 36.8 Å². The van der Waals surface area contributed by atoms with Crippen molar-refractivity contribution in [3.8, 4) is 17.5 Å². The number of non-ortho nitro benzene ring substituents is 1. The van der Waals surface area contributed by atoms with Crippen LogP contribution in [0.2, 0.25) is 0 Å². The number of amides is 1. The smallest absolute Gasteiger partial charge is 0.273 e. The van der Waals surface area contributed by atoms with Gasteiger partial charge in [-0.1, -0.05) is 0 Å². The summed E-state index contributed by atoms with van der Waals surface area (Å²) in [5.41, 5.74) is 0.241. The quantitative estimate of drug-likeness (QED) is 0.365. The van der Waals surface area contributed by atoms with Crippen molar-refractivity contribution >= 4 is 22.5 Å². The van der Waals surface area contributed by atoms with E-state index in [1.54, 1.807) is 18.2 Å². The number of hydrogen-bond acceptors (Lipinski definition) is 6. The summed E-state index contributed by atoms with van der Waals surface area (Å²) in [5.74, 6) is 0.409. The molecule has 1 amide bonds. The van der Waals surface area contributed by atoms with Gasteiger partial charge in [-0.2, -0.15) is 5.26 Å². The third-order valence-corrected chi connectivity index (χ3v) is 4.38. The Morgan fingerprint density at radius 3 is 2.60 bits per heavy atom. The summed E-state index contributed by atoms with van der Waals surface area (Å²) in [6, 6.07) is 14.1. The number of fused-ring (bicyclic) bond motifs is 1. The number of carbonyl (C=O) groups excluding carboxylic acids is 1. The summed E-state index contributed by atoms with van der Waals surface area (Å²) >= 11 is 0. The van der Waals surface area contributed by atoms with E-state index in [1.165, 1.54) is 41.8 Å². The van der Waals surface area contributed by atoms with Crippen LogP contribution in [-0.4, -0.2) is 28.5 Å². The molecule has 0 unspecified atom stereocenters. The summed E-state index contributed by atoms with van der Waals surface area (Å²) in [5, 5.41) is 23.6. The minimum atomic E-state index is -0.526. The maximum atomic E-state index is 12.8. The van der Waals surface area contributed by atoms with E-state index in [9.17, 15) is 25.0 Å². The highest BCUT2D eigenvalue weighted by Crippen LogP contribution is 2.24. The molecule has 0 aliphatic heterocycles. The number of pyridine rings is 1. The van der Waals surface area contributed by atoms with Crippen molar-refractivity contribution in [2.24, 2.45) is 0 Å². The molecule has 0 radical (unpaired) electrons. The minimum Gasteiger partial charge on any atom is -0.493 e. The second-order valence-electron chi connectivity index (χ2n) is 6.49. The number of benzene rings is 2. The van der Waals surface area contributed by atoms with Gasteiger partial charge < -0.3 is 10.1 Å². The van der Waals surface area contributed by atoms with Crippen LogP contribution in [0.1, 0.15) is 18.9 Å². The normalized spacial score (nSPS) is 10.4. The molecular formula is C21H18N4O5. The van der Waals surface area contributed by atoms with Gasteiger partial charge in [0.1, 0.15) is 17.4 Å². The Labute approximate surface area is 171 Å². The van der Waals surface area contributed by atoms with Gasteiger partial charge in [-0.25, -0.2) is 0 Å². The molecule has 3 rings (SSSR count). The monoisotopic (exact) mass is 406 g/mol. The van der Waals surface area contributed by atoms with Crippen molar-refractivity contribution < 1.29 is 14.5 Å². The van der Waals surface area contributed by atoms with Crippen molar-refractivity contribution in [2.75, 3.05) is 13.2 Å². The average Bonchev–Trinajstić information content (AvgIpc) is 2.73. The van der Waals surface area contributed by atoms with Gasteiger partial charge in [-0.3, -0.25) is 24.3 Å². The first-order valence-corrected chi connectivity index (χ1v) is 9.12. The molecule has 3 aromatic rings. The molecule has 0 fully saturated rings. The molecule has 9 heteroatoms. The van der Waals surface area contributed by atoms with Gasteiger partial charge in [0, 0.05) is 42.7 Å². The molecule has 0 spiro atoms. The van der Waals surface area contributed by atoms with Crippen LogP contribution in [0.15, 0.2) is 53.3 Å². The average molecular weight is 406 g/mol. The fraction of sp³-hybridized carbons (Fsp3) is 0.190. The number of nitriles is 1. The Morgan fingerprint density at radius 1 is 1.23 bits per heavy atom. The number of nitrogens with zero attached hydrogens (tertiary/aromatic N) is 3. The van der Waals surface area contributed by atoms with Gasteiger partial charge in [0.05, 0.1) is 17.0 Å². The van der Waals surface area contributed by atoms with E-state index in [0.29, 0.717) is 41.9 Å². The maximum Gasteiger partial charge on any atom is 0.273 e. The van der Waals surface area contributed by atoms with Crippen LogP contribution in [0, 0.1) is 21.4 Å². The number of ether oxygens (including phenoxy) is 1. The van der Waals surface area contributed by atoms with Crippen molar-refractivity contribution in [3.63, 3.8) is 0 Å². The second-order valence-corrected chi connectivity index (χ2v) is 6.49. The molecule has 1 aromatic heterocycles. The van der Waals surface area contributed by atoms with Crippen LogP contribution in [0.5, 0.6) is 5.75 Å². The Bertz CT molecular complexity index is 1210. The summed E-state index contributed by atoms with van der Waals surface area (Å²) in [6.45, 7) is 2.29. The van der Waals surface area contributed by atoms with E-state index in [2.05, 4.69) is 5.32 Å². The third-order valence-electron chi connectivity index (χ3n) is 4.38. The molecular weight excluding hydrogens is 388 g/mol. The van der Waals surface area contributed by atoms with Crippen molar-refractivity contribution in [1.29, 1.82) is 5.26 Å². The van der Waals surface area contributed by atoms with Crippen molar-refractivity contribution in [2.45, 2.75) is 13.3 Å². The molecule has 2 aromatic carbocycles. The molecule has 30 heavy (non-hydrogen) atoms. The predicted molar refractivity (Wildman–Crippen MR) is 110 cm³/mol. The topological polar surface area (TPSA) is 127 Å². The van der Waals surface area contributed by atoms with Gasteiger partial charge in [0.25, 0.3) is 11.2 Å². The summed E-state index contributed by atoms with van der Waals surface area (Å²) < 4.78 is 7.05. The number of nitro benzene ring substituents is 1. The van der Waals surface area contributed by atoms with E-state index in [-0.39, 0.29) is 17.2 Å². The molecule has 152 valence electrons. The highest BCUT2D eigenvalue weighted by molar-refractivity contribution is 5.83. The number of aromatic nitrogens is 1. The first-order chi connectivity index (χ1) is 14.4. The maximum absolute atomic E-state index is 12.8. The molecule has 0 aliphatic rings. The summed E-state index contributed by atoms with van der Waals surface area (Å²) in [7, 11) is 0. The fourth-order valence-electron chi connectivity index (χ4n) is 2.96. The number of nitro groups is 1. The third kappa shape index (κ3) is 4.44. The lowest BCUT2D eigenvalue weighted by molar-refractivity contribution is -0.384. The summed E-state index contributed by atoms with van der Waals surface area (Å²) in [6.07, 6.45) is 0.611. The number of nitrogens with one attached hydrogen (secondary N) is 1. The molecule has 0 saturated heterocycles. The Morgan fingerprint density at radius 2 is 1.97 bits per heavy atom. The zero-order valence-electron chi connectivity index (χ0n) is 16.1. The lowest BCUT2D eigenvalue weighted by atomic mass is 10.1. The van der Waals surface area contributed by atoms with Crippen LogP contribution >= 0.6 is 0 Å². The van der Waals surface area contributed by atoms with Gasteiger partial charge >= 0.3 is 0 Å². The number of carbonyl (C=O) groups is 1. The molecule has 0 saturated carbocycles. The van der Waals surface area contributed by atoms with Crippen LogP contribution < -0.4 is 15.6 Å². The van der Waals surface area contributed by atoms with Crippen molar-refractivity contribution in [3.05, 3.63) is 74.6 Å². The predicted octanol–water partition coefficient (Wildman–Crippen LogP) is 2.68. The molecule has 1 heterocycles. The minimum absolute atomic E-state index is 0.0372. The number of hydrogen-bond donors (Lipinski definition) is 1. The Kier molecular flexibility index (Phi) is 6.08. The molecule has 0 atom stereocenters. The summed E-state index contributed by atoms with van der Waals surface area (Å²) in [4.78, 5) is 34.1. The lowest BCUT2D eigenvalue weighted by Gasteiger charge is -2.13. The first-order valence-electron chi connectivity index (χ1n) is 9.12. The van der Waals surface area contributed by atoms with Crippen LogP contribution in [0.25, 0.3) is 16.6 Å². The zero-order chi connectivity index (χ0) is 21.7. The second kappa shape index (κ2) is 8.87. The highest BCUT2D eigenvalue weighted by Gasteiger charge is 2.13. The standard InChI is InChI=1S/C21H18N4O5/c1-14(26)23-9-2-10-30-19-8-3-15-11-16(13-22)21(27)24(20(15)12-19)17-4-6-18(7-5-17)25(28)29/h3-8,11-12H,2,9-10H2,1H3,(H,23,26). The largest absolute Gasteiger partial charge is 0.493 e. The van der Waals surface area contributed by atoms with Crippen LogP contribution in [0.4, 0.5) is 5.69 Å². The van der Waals surface area contributed by atoms with Gasteiger partial charge in [-0.15, -0.1) is 0 Å². The molecule has 0 aliphatic carbocycles. The molecule has 9 nitrogen and oxygen atoms in total. The molecule has 0 bridgehead atoms. The van der Waals surface area contributed by atoms with E-state index >= 15 is 0 Å². The van der Waals surface area contributed by atoms with E-state index in [0.717, 1.165) is 0 Å². The SMILES string of the molecule is CC(=O)NCCCOc1ccc2cc(C#N)c(=O)n(-c3ccc([N+](=O)[O-])cc3)c2c1. The van der Waals surface area contributed by atoms with Gasteiger partial charge in [0.15, 0.2) is 0 Å². The van der Waals surface area contributed by atoms with Crippen LogP contribution in [-0.2, 0) is 4.79 Å². The fourth-order valence-corrected chi connectivity index (χ4v) is 2.96. The Hall–Kier alpha value is -4.19. The van der Waals surface area contributed by atoms with E-state index < -0.39 is 10.5 Å². The highest BCUT2D eigenvalue weighted by atomic mass is 16.6. The van der Waals surface area contributed by atoms with Crippen LogP contribution in [0.3, 0.4) is 0 Å². The zero-order valence-corrected chi connectivity index (χ0v) is 16.1. The molecule has 1 N–H and O–H groups in total. The van der Waals surface area contributed by atoms with E-state index in [1.807, 2.05) is 6.07 Å². The van der Waals surface area contributed by atoms with E-state index in [4.69, 9.17) is 4.74 Å². The van der Waals surface area contributed by atoms with Crippen molar-refractivity contribution in [1.82, 2.24) is 9.88 Å². The lowest BCUT2D eigenvalue weighted by Crippen LogP contribution is -2.22. The Balaban J connectivity index is 2.00. The van der Waals surface area contributed by atoms with Gasteiger partial charge in [0.2, 0.25) is 5.91 Å². The first kappa shape index (κ1) is 20.5.